The summed E-state index contributed by atoms with van der Waals surface area (Å²) in [5, 5.41) is 8.96. The van der Waals surface area contributed by atoms with Gasteiger partial charge in [0.05, 0.1) is 12.9 Å². The lowest BCUT2D eigenvalue weighted by Crippen LogP contribution is -2.36. The molecular formula is C19H26N8. The van der Waals surface area contributed by atoms with Crippen LogP contribution in [0.15, 0.2) is 24.9 Å². The van der Waals surface area contributed by atoms with Gasteiger partial charge < -0.3 is 14.0 Å². The van der Waals surface area contributed by atoms with Gasteiger partial charge in [-0.1, -0.05) is 6.92 Å². The molecule has 1 atom stereocenters. The topological polar surface area (TPSA) is 77.6 Å². The molecule has 142 valence electrons. The molecule has 4 rings (SSSR count). The zero-order valence-corrected chi connectivity index (χ0v) is 16.2. The summed E-state index contributed by atoms with van der Waals surface area (Å²) in [5.41, 5.74) is 1.21. The minimum atomic E-state index is 0.354. The Kier molecular flexibility index (Phi) is 4.87. The van der Waals surface area contributed by atoms with Gasteiger partial charge in [0.15, 0.2) is 5.82 Å². The van der Waals surface area contributed by atoms with E-state index in [9.17, 15) is 0 Å². The summed E-state index contributed by atoms with van der Waals surface area (Å²) in [6.07, 6.45) is 10.7. The largest absolute Gasteiger partial charge is 0.356 e. The second-order valence-electron chi connectivity index (χ2n) is 7.17. The van der Waals surface area contributed by atoms with Crippen molar-refractivity contribution in [3.8, 4) is 0 Å². The predicted octanol–water partition coefficient (Wildman–Crippen LogP) is 2.10. The molecule has 0 aliphatic carbocycles. The van der Waals surface area contributed by atoms with Crippen LogP contribution in [0.1, 0.15) is 48.7 Å². The standard InChI is InChI=1S/C19H26N8/c1-4-15-10-21-14(2)22-18(15)27-8-5-6-16(11-27)19-24-23-17(25(19)3)12-26-9-7-20-13-26/h7,9-10,13,16H,4-6,8,11-12H2,1-3H3. The van der Waals surface area contributed by atoms with Gasteiger partial charge in [-0.05, 0) is 26.2 Å². The summed E-state index contributed by atoms with van der Waals surface area (Å²) in [7, 11) is 2.06. The van der Waals surface area contributed by atoms with Gasteiger partial charge in [-0.25, -0.2) is 15.0 Å². The number of nitrogens with zero attached hydrogens (tertiary/aromatic N) is 8. The van der Waals surface area contributed by atoms with Gasteiger partial charge in [0.25, 0.3) is 0 Å². The molecule has 0 saturated carbocycles. The average Bonchev–Trinajstić information content (AvgIpc) is 3.33. The van der Waals surface area contributed by atoms with Crippen LogP contribution >= 0.6 is 0 Å². The highest BCUT2D eigenvalue weighted by atomic mass is 15.3. The second-order valence-corrected chi connectivity index (χ2v) is 7.17. The Morgan fingerprint density at radius 1 is 1.26 bits per heavy atom. The molecule has 1 unspecified atom stereocenters. The van der Waals surface area contributed by atoms with Crippen LogP contribution in [0.5, 0.6) is 0 Å². The van der Waals surface area contributed by atoms with Crippen LogP contribution in [0.3, 0.4) is 0 Å². The fourth-order valence-electron chi connectivity index (χ4n) is 3.80. The number of aryl methyl sites for hydroxylation is 2. The molecule has 0 bridgehead atoms. The lowest BCUT2D eigenvalue weighted by molar-refractivity contribution is 0.474. The molecule has 3 aromatic heterocycles. The van der Waals surface area contributed by atoms with E-state index >= 15 is 0 Å². The average molecular weight is 366 g/mol. The third kappa shape index (κ3) is 3.56. The SMILES string of the molecule is CCc1cnc(C)nc1N1CCCC(c2nnc(Cn3ccnc3)n2C)C1. The minimum Gasteiger partial charge on any atom is -0.356 e. The maximum absolute atomic E-state index is 4.74. The molecule has 0 N–H and O–H groups in total. The summed E-state index contributed by atoms with van der Waals surface area (Å²) in [6, 6.07) is 0. The van der Waals surface area contributed by atoms with E-state index in [0.717, 1.165) is 55.6 Å². The number of piperidine rings is 1. The summed E-state index contributed by atoms with van der Waals surface area (Å²) in [6.45, 7) is 6.74. The summed E-state index contributed by atoms with van der Waals surface area (Å²) >= 11 is 0. The molecule has 1 fully saturated rings. The van der Waals surface area contributed by atoms with Crippen molar-refractivity contribution in [2.24, 2.45) is 7.05 Å². The van der Waals surface area contributed by atoms with Gasteiger partial charge in [0.2, 0.25) is 0 Å². The zero-order valence-electron chi connectivity index (χ0n) is 16.2. The van der Waals surface area contributed by atoms with E-state index in [1.807, 2.05) is 23.9 Å². The Balaban J connectivity index is 1.55. The minimum absolute atomic E-state index is 0.354. The molecule has 27 heavy (non-hydrogen) atoms. The van der Waals surface area contributed by atoms with Gasteiger partial charge in [-0.15, -0.1) is 10.2 Å². The number of hydrogen-bond acceptors (Lipinski definition) is 6. The van der Waals surface area contributed by atoms with Crippen molar-refractivity contribution in [2.75, 3.05) is 18.0 Å². The summed E-state index contributed by atoms with van der Waals surface area (Å²) in [4.78, 5) is 15.6. The fraction of sp³-hybridized carbons (Fsp3) is 0.526. The quantitative estimate of drug-likeness (QED) is 0.688. The maximum atomic E-state index is 4.74. The monoisotopic (exact) mass is 366 g/mol. The molecule has 3 aromatic rings. The van der Waals surface area contributed by atoms with Crippen molar-refractivity contribution in [1.29, 1.82) is 0 Å². The van der Waals surface area contributed by atoms with Crippen LogP contribution in [0, 0.1) is 6.92 Å². The van der Waals surface area contributed by atoms with E-state index in [4.69, 9.17) is 4.98 Å². The van der Waals surface area contributed by atoms with E-state index in [-0.39, 0.29) is 0 Å². The first-order valence-corrected chi connectivity index (χ1v) is 9.57. The molecule has 4 heterocycles. The predicted molar refractivity (Wildman–Crippen MR) is 103 cm³/mol. The molecule has 0 radical (unpaired) electrons. The van der Waals surface area contributed by atoms with Crippen LogP contribution in [-0.2, 0) is 20.0 Å². The first kappa shape index (κ1) is 17.6. The number of anilines is 1. The number of rotatable bonds is 5. The maximum Gasteiger partial charge on any atom is 0.152 e. The molecule has 0 amide bonds. The molecule has 8 nitrogen and oxygen atoms in total. The molecule has 8 heteroatoms. The van der Waals surface area contributed by atoms with Crippen molar-refractivity contribution in [2.45, 2.75) is 45.6 Å². The molecule has 1 aliphatic heterocycles. The molecule has 1 saturated heterocycles. The Morgan fingerprint density at radius 2 is 2.15 bits per heavy atom. The van der Waals surface area contributed by atoms with Crippen molar-refractivity contribution < 1.29 is 0 Å². The summed E-state index contributed by atoms with van der Waals surface area (Å²) < 4.78 is 4.15. The van der Waals surface area contributed by atoms with E-state index < -0.39 is 0 Å². The Hall–Kier alpha value is -2.77. The molecule has 0 aromatic carbocycles. The highest BCUT2D eigenvalue weighted by Gasteiger charge is 2.27. The lowest BCUT2D eigenvalue weighted by atomic mass is 9.96. The summed E-state index contributed by atoms with van der Waals surface area (Å²) in [5.74, 6) is 4.26. The van der Waals surface area contributed by atoms with Crippen LogP contribution in [0.4, 0.5) is 5.82 Å². The lowest BCUT2D eigenvalue weighted by Gasteiger charge is -2.34. The van der Waals surface area contributed by atoms with Crippen molar-refractivity contribution in [1.82, 2.24) is 34.3 Å². The second kappa shape index (κ2) is 7.46. The normalized spacial score (nSPS) is 17.4. The van der Waals surface area contributed by atoms with Crippen LogP contribution < -0.4 is 4.90 Å². The first-order valence-electron chi connectivity index (χ1n) is 9.57. The van der Waals surface area contributed by atoms with Crippen LogP contribution in [0.2, 0.25) is 0 Å². The van der Waals surface area contributed by atoms with Gasteiger partial charge in [-0.3, -0.25) is 0 Å². The highest BCUT2D eigenvalue weighted by Crippen LogP contribution is 2.30. The molecule has 0 spiro atoms. The van der Waals surface area contributed by atoms with E-state index in [2.05, 4.69) is 43.6 Å². The van der Waals surface area contributed by atoms with Crippen LogP contribution in [-0.4, -0.2) is 47.4 Å². The Labute approximate surface area is 159 Å². The van der Waals surface area contributed by atoms with E-state index in [0.29, 0.717) is 12.5 Å². The van der Waals surface area contributed by atoms with Gasteiger partial charge in [0.1, 0.15) is 17.5 Å². The smallest absolute Gasteiger partial charge is 0.152 e. The molecule has 1 aliphatic rings. The van der Waals surface area contributed by atoms with Crippen molar-refractivity contribution >= 4 is 5.82 Å². The van der Waals surface area contributed by atoms with Crippen LogP contribution in [0.25, 0.3) is 0 Å². The van der Waals surface area contributed by atoms with E-state index in [1.165, 1.54) is 5.56 Å². The fourth-order valence-corrected chi connectivity index (χ4v) is 3.80. The third-order valence-corrected chi connectivity index (χ3v) is 5.31. The highest BCUT2D eigenvalue weighted by molar-refractivity contribution is 5.47. The third-order valence-electron chi connectivity index (χ3n) is 5.31. The van der Waals surface area contributed by atoms with Crippen molar-refractivity contribution in [3.05, 3.63) is 48.0 Å². The number of aromatic nitrogens is 7. The first-order chi connectivity index (χ1) is 13.2. The van der Waals surface area contributed by atoms with Gasteiger partial charge in [0, 0.05) is 50.2 Å². The van der Waals surface area contributed by atoms with E-state index in [1.54, 1.807) is 12.5 Å². The molecular weight excluding hydrogens is 340 g/mol. The Bertz CT molecular complexity index is 899. The van der Waals surface area contributed by atoms with Gasteiger partial charge in [-0.2, -0.15) is 0 Å². The van der Waals surface area contributed by atoms with Crippen molar-refractivity contribution in [3.63, 3.8) is 0 Å². The zero-order chi connectivity index (χ0) is 18.8. The number of imidazole rings is 1. The van der Waals surface area contributed by atoms with Gasteiger partial charge >= 0.3 is 0 Å². The number of hydrogen-bond donors (Lipinski definition) is 0. The Morgan fingerprint density at radius 3 is 2.93 bits per heavy atom.